The molecule has 0 heterocycles. The van der Waals surface area contributed by atoms with Crippen LogP contribution in [0.4, 0.5) is 4.39 Å². The van der Waals surface area contributed by atoms with Crippen LogP contribution in [0.3, 0.4) is 0 Å². The van der Waals surface area contributed by atoms with Crippen LogP contribution in [0, 0.1) is 23.6 Å². The SMILES string of the molecule is CCC#CC(C)C(C)c1cc(OCC)c(OCC)cc1F. The quantitative estimate of drug-likeness (QED) is 0.703. The first kappa shape index (κ1) is 17.4. The monoisotopic (exact) mass is 292 g/mol. The molecule has 1 aromatic rings. The second-order valence-corrected chi connectivity index (χ2v) is 4.94. The Bertz CT molecular complexity index is 514. The summed E-state index contributed by atoms with van der Waals surface area (Å²) in [5.74, 6) is 7.10. The van der Waals surface area contributed by atoms with Crippen LogP contribution in [0.2, 0.25) is 0 Å². The molecule has 0 aromatic heterocycles. The molecule has 0 bridgehead atoms. The average molecular weight is 292 g/mol. The fraction of sp³-hybridized carbons (Fsp3) is 0.556. The van der Waals surface area contributed by atoms with Crippen molar-refractivity contribution < 1.29 is 13.9 Å². The van der Waals surface area contributed by atoms with Crippen LogP contribution >= 0.6 is 0 Å². The molecule has 2 atom stereocenters. The zero-order valence-corrected chi connectivity index (χ0v) is 13.6. The summed E-state index contributed by atoms with van der Waals surface area (Å²) in [5.41, 5.74) is 0.625. The highest BCUT2D eigenvalue weighted by molar-refractivity contribution is 5.45. The number of benzene rings is 1. The van der Waals surface area contributed by atoms with Crippen LogP contribution in [0.15, 0.2) is 12.1 Å². The van der Waals surface area contributed by atoms with E-state index in [1.165, 1.54) is 6.07 Å². The van der Waals surface area contributed by atoms with Gasteiger partial charge in [-0.15, -0.1) is 5.92 Å². The number of halogens is 1. The predicted molar refractivity (Wildman–Crippen MR) is 84.4 cm³/mol. The van der Waals surface area contributed by atoms with Crippen molar-refractivity contribution >= 4 is 0 Å². The van der Waals surface area contributed by atoms with E-state index in [9.17, 15) is 4.39 Å². The van der Waals surface area contributed by atoms with Crippen molar-refractivity contribution in [2.75, 3.05) is 13.2 Å². The molecule has 21 heavy (non-hydrogen) atoms. The van der Waals surface area contributed by atoms with Crippen molar-refractivity contribution in [1.29, 1.82) is 0 Å². The minimum absolute atomic E-state index is 0.000988. The maximum absolute atomic E-state index is 14.3. The molecule has 0 radical (unpaired) electrons. The first-order valence-electron chi connectivity index (χ1n) is 7.62. The molecule has 0 N–H and O–H groups in total. The third-order valence-corrected chi connectivity index (χ3v) is 3.41. The molecule has 0 aliphatic carbocycles. The Kier molecular flexibility index (Phi) is 7.08. The van der Waals surface area contributed by atoms with E-state index in [0.717, 1.165) is 6.42 Å². The standard InChI is InChI=1S/C18H25FO2/c1-6-9-10-13(4)14(5)15-11-17(20-7-2)18(21-8-3)12-16(15)19/h11-14H,6-8H2,1-5H3. The lowest BCUT2D eigenvalue weighted by Crippen LogP contribution is -2.08. The lowest BCUT2D eigenvalue weighted by molar-refractivity contribution is 0.285. The molecule has 0 saturated heterocycles. The largest absolute Gasteiger partial charge is 0.490 e. The van der Waals surface area contributed by atoms with Crippen molar-refractivity contribution in [2.45, 2.75) is 47.0 Å². The molecule has 0 aliphatic heterocycles. The number of hydrogen-bond acceptors (Lipinski definition) is 2. The van der Waals surface area contributed by atoms with Gasteiger partial charge in [-0.25, -0.2) is 4.39 Å². The molecule has 0 saturated carbocycles. The van der Waals surface area contributed by atoms with Crippen LogP contribution in [-0.2, 0) is 0 Å². The first-order chi connectivity index (χ1) is 10.0. The normalized spacial score (nSPS) is 13.0. The van der Waals surface area contributed by atoms with Gasteiger partial charge in [-0.2, -0.15) is 0 Å². The Labute approximate surface area is 127 Å². The highest BCUT2D eigenvalue weighted by Crippen LogP contribution is 2.35. The van der Waals surface area contributed by atoms with Gasteiger partial charge in [0, 0.05) is 18.4 Å². The Morgan fingerprint density at radius 1 is 1.05 bits per heavy atom. The molecule has 116 valence electrons. The fourth-order valence-electron chi connectivity index (χ4n) is 2.09. The Balaban J connectivity index is 3.14. The van der Waals surface area contributed by atoms with Gasteiger partial charge in [0.25, 0.3) is 0 Å². The van der Waals surface area contributed by atoms with Gasteiger partial charge in [-0.1, -0.05) is 26.7 Å². The zero-order valence-electron chi connectivity index (χ0n) is 13.6. The smallest absolute Gasteiger partial charge is 0.164 e. The molecule has 3 heteroatoms. The topological polar surface area (TPSA) is 18.5 Å². The second kappa shape index (κ2) is 8.56. The predicted octanol–water partition coefficient (Wildman–Crippen LogP) is 4.78. The summed E-state index contributed by atoms with van der Waals surface area (Å²) in [7, 11) is 0. The van der Waals surface area contributed by atoms with E-state index in [1.807, 2.05) is 34.6 Å². The lowest BCUT2D eigenvalue weighted by Gasteiger charge is -2.19. The van der Waals surface area contributed by atoms with Gasteiger partial charge in [0.05, 0.1) is 13.2 Å². The van der Waals surface area contributed by atoms with Crippen LogP contribution in [0.25, 0.3) is 0 Å². The van der Waals surface area contributed by atoms with Gasteiger partial charge in [0.2, 0.25) is 0 Å². The van der Waals surface area contributed by atoms with E-state index in [0.29, 0.717) is 30.3 Å². The molecule has 2 unspecified atom stereocenters. The minimum Gasteiger partial charge on any atom is -0.490 e. The average Bonchev–Trinajstić information content (AvgIpc) is 2.47. The van der Waals surface area contributed by atoms with Gasteiger partial charge < -0.3 is 9.47 Å². The summed E-state index contributed by atoms with van der Waals surface area (Å²) < 4.78 is 25.3. The van der Waals surface area contributed by atoms with Crippen LogP contribution in [0.1, 0.15) is 52.5 Å². The fourth-order valence-corrected chi connectivity index (χ4v) is 2.09. The van der Waals surface area contributed by atoms with Gasteiger partial charge in [0.1, 0.15) is 5.82 Å². The molecule has 1 aromatic carbocycles. The second-order valence-electron chi connectivity index (χ2n) is 4.94. The summed E-state index contributed by atoms with van der Waals surface area (Å²) in [5, 5.41) is 0. The van der Waals surface area contributed by atoms with Crippen molar-refractivity contribution in [3.05, 3.63) is 23.5 Å². The van der Waals surface area contributed by atoms with Crippen LogP contribution < -0.4 is 9.47 Å². The van der Waals surface area contributed by atoms with Crippen LogP contribution in [0.5, 0.6) is 11.5 Å². The Hall–Kier alpha value is -1.69. The molecule has 2 nitrogen and oxygen atoms in total. The van der Waals surface area contributed by atoms with Crippen molar-refractivity contribution in [3.8, 4) is 23.3 Å². The van der Waals surface area contributed by atoms with Crippen molar-refractivity contribution in [2.24, 2.45) is 5.92 Å². The van der Waals surface area contributed by atoms with Crippen LogP contribution in [-0.4, -0.2) is 13.2 Å². The molecule has 0 aliphatic rings. The molecule has 0 spiro atoms. The van der Waals surface area contributed by atoms with Gasteiger partial charge >= 0.3 is 0 Å². The zero-order chi connectivity index (χ0) is 15.8. The van der Waals surface area contributed by atoms with E-state index in [2.05, 4.69) is 11.8 Å². The number of hydrogen-bond donors (Lipinski definition) is 0. The maximum Gasteiger partial charge on any atom is 0.164 e. The summed E-state index contributed by atoms with van der Waals surface area (Å²) in [6.07, 6.45) is 0.813. The number of rotatable bonds is 6. The highest BCUT2D eigenvalue weighted by Gasteiger charge is 2.20. The third-order valence-electron chi connectivity index (χ3n) is 3.41. The summed E-state index contributed by atoms with van der Waals surface area (Å²) in [6.45, 7) is 10.8. The molecule has 0 amide bonds. The maximum atomic E-state index is 14.3. The lowest BCUT2D eigenvalue weighted by atomic mass is 9.88. The first-order valence-corrected chi connectivity index (χ1v) is 7.62. The van der Waals surface area contributed by atoms with Crippen molar-refractivity contribution in [1.82, 2.24) is 0 Å². The Morgan fingerprint density at radius 2 is 1.62 bits per heavy atom. The van der Waals surface area contributed by atoms with Gasteiger partial charge in [-0.05, 0) is 31.4 Å². The molecule has 0 fully saturated rings. The van der Waals surface area contributed by atoms with E-state index >= 15 is 0 Å². The summed E-state index contributed by atoms with van der Waals surface area (Å²) >= 11 is 0. The van der Waals surface area contributed by atoms with E-state index < -0.39 is 0 Å². The van der Waals surface area contributed by atoms with Gasteiger partial charge in [-0.3, -0.25) is 0 Å². The summed E-state index contributed by atoms with van der Waals surface area (Å²) in [6, 6.07) is 3.17. The Morgan fingerprint density at radius 3 is 2.14 bits per heavy atom. The molecular weight excluding hydrogens is 267 g/mol. The molecule has 1 rings (SSSR count). The summed E-state index contributed by atoms with van der Waals surface area (Å²) in [4.78, 5) is 0. The van der Waals surface area contributed by atoms with E-state index in [4.69, 9.17) is 9.47 Å². The molecular formula is C18H25FO2. The number of ether oxygens (including phenoxy) is 2. The van der Waals surface area contributed by atoms with Gasteiger partial charge in [0.15, 0.2) is 11.5 Å². The van der Waals surface area contributed by atoms with E-state index in [1.54, 1.807) is 6.07 Å². The minimum atomic E-state index is -0.264. The van der Waals surface area contributed by atoms with E-state index in [-0.39, 0.29) is 17.7 Å². The highest BCUT2D eigenvalue weighted by atomic mass is 19.1. The third kappa shape index (κ3) is 4.67. The van der Waals surface area contributed by atoms with Crippen molar-refractivity contribution in [3.63, 3.8) is 0 Å².